The number of benzene rings is 1. The molecule has 0 amide bonds. The highest BCUT2D eigenvalue weighted by Crippen LogP contribution is 2.19. The summed E-state index contributed by atoms with van der Waals surface area (Å²) in [5.41, 5.74) is 1.08. The van der Waals surface area contributed by atoms with Gasteiger partial charge in [0.2, 0.25) is 0 Å². The smallest absolute Gasteiger partial charge is 0.152 e. The molecule has 0 saturated carbocycles. The molecule has 2 heteroatoms. The lowest BCUT2D eigenvalue weighted by molar-refractivity contribution is -0.112. The molecule has 0 N–H and O–H groups in total. The van der Waals surface area contributed by atoms with E-state index in [1.54, 1.807) is 24.8 Å². The van der Waals surface area contributed by atoms with Gasteiger partial charge >= 0.3 is 0 Å². The molecule has 0 fully saturated rings. The van der Waals surface area contributed by atoms with Crippen LogP contribution in [-0.4, -0.2) is 11.5 Å². The zero-order valence-electron chi connectivity index (χ0n) is 8.49. The molecule has 0 heterocycles. The molecule has 1 aromatic carbocycles. The van der Waals surface area contributed by atoms with Crippen LogP contribution >= 0.6 is 11.8 Å². The summed E-state index contributed by atoms with van der Waals surface area (Å²) in [4.78, 5) is 12.0. The molecule has 0 atom stereocenters. The molecule has 0 bridgehead atoms. The minimum atomic E-state index is 0.0820. The number of hydrogen-bond acceptors (Lipinski definition) is 2. The summed E-state index contributed by atoms with van der Waals surface area (Å²) in [6, 6.07) is 8.18. The maximum atomic E-state index is 10.7. The molecule has 74 valence electrons. The monoisotopic (exact) mass is 206 g/mol. The Bertz CT molecular complexity index is 342. The van der Waals surface area contributed by atoms with Crippen LogP contribution in [0.4, 0.5) is 0 Å². The van der Waals surface area contributed by atoms with E-state index in [4.69, 9.17) is 0 Å². The van der Waals surface area contributed by atoms with Crippen LogP contribution in [-0.2, 0) is 4.79 Å². The van der Waals surface area contributed by atoms with Crippen molar-refractivity contribution in [2.45, 2.75) is 18.7 Å². The van der Waals surface area contributed by atoms with E-state index in [1.807, 2.05) is 18.2 Å². The number of carbonyl (C=O) groups excluding carboxylic acids is 1. The summed E-state index contributed by atoms with van der Waals surface area (Å²) in [7, 11) is 0. The van der Waals surface area contributed by atoms with Gasteiger partial charge in [0.05, 0.1) is 0 Å². The molecule has 0 saturated heterocycles. The first-order valence-corrected chi connectivity index (χ1v) is 5.62. The van der Waals surface area contributed by atoms with Gasteiger partial charge < -0.3 is 0 Å². The first-order valence-electron chi connectivity index (χ1n) is 4.64. The fourth-order valence-electron chi connectivity index (χ4n) is 1.09. The van der Waals surface area contributed by atoms with Crippen LogP contribution in [0.15, 0.2) is 35.2 Å². The summed E-state index contributed by atoms with van der Waals surface area (Å²) >= 11 is 1.80. The highest BCUT2D eigenvalue weighted by atomic mass is 32.2. The Balaban J connectivity index is 2.77. The van der Waals surface area contributed by atoms with Gasteiger partial charge in [-0.3, -0.25) is 4.79 Å². The van der Waals surface area contributed by atoms with E-state index < -0.39 is 0 Å². The van der Waals surface area contributed by atoms with E-state index in [1.165, 1.54) is 4.90 Å². The van der Waals surface area contributed by atoms with Gasteiger partial charge in [0.15, 0.2) is 5.78 Å². The van der Waals surface area contributed by atoms with Gasteiger partial charge in [-0.05, 0) is 36.4 Å². The lowest BCUT2D eigenvalue weighted by atomic mass is 10.2. The number of hydrogen-bond donors (Lipinski definition) is 0. The van der Waals surface area contributed by atoms with E-state index in [0.717, 1.165) is 11.3 Å². The van der Waals surface area contributed by atoms with Crippen molar-refractivity contribution >= 4 is 23.6 Å². The Hall–Kier alpha value is -1.02. The molecule has 0 unspecified atom stereocenters. The van der Waals surface area contributed by atoms with Crippen LogP contribution in [0.2, 0.25) is 0 Å². The average Bonchev–Trinajstić information content (AvgIpc) is 2.16. The van der Waals surface area contributed by atoms with Crippen molar-refractivity contribution in [2.24, 2.45) is 0 Å². The van der Waals surface area contributed by atoms with Gasteiger partial charge in [-0.25, -0.2) is 0 Å². The molecule has 0 aliphatic heterocycles. The minimum Gasteiger partial charge on any atom is -0.295 e. The number of carbonyl (C=O) groups is 1. The molecule has 0 radical (unpaired) electrons. The highest BCUT2D eigenvalue weighted by molar-refractivity contribution is 7.99. The second-order valence-corrected chi connectivity index (χ2v) is 4.29. The Labute approximate surface area is 89.2 Å². The Morgan fingerprint density at radius 1 is 1.50 bits per heavy atom. The topological polar surface area (TPSA) is 17.1 Å². The zero-order valence-corrected chi connectivity index (χ0v) is 9.30. The zero-order chi connectivity index (χ0) is 10.4. The van der Waals surface area contributed by atoms with Crippen LogP contribution in [0.5, 0.6) is 0 Å². The van der Waals surface area contributed by atoms with Crippen molar-refractivity contribution in [1.82, 2.24) is 0 Å². The number of allylic oxidation sites excluding steroid dienone is 1. The van der Waals surface area contributed by atoms with Gasteiger partial charge in [0, 0.05) is 4.90 Å². The standard InChI is InChI=1S/C12H14OS/c1-3-14-12-6-4-5-11(9-12)8-7-10(2)13/h4-9H,3H2,1-2H3. The van der Waals surface area contributed by atoms with E-state index in [-0.39, 0.29) is 5.78 Å². The van der Waals surface area contributed by atoms with Crippen LogP contribution < -0.4 is 0 Å². The second kappa shape index (κ2) is 5.66. The fraction of sp³-hybridized carbons (Fsp3) is 0.250. The molecule has 1 nitrogen and oxygen atoms in total. The third-order valence-corrected chi connectivity index (χ3v) is 2.56. The molecule has 0 aromatic heterocycles. The number of rotatable bonds is 4. The van der Waals surface area contributed by atoms with Gasteiger partial charge in [-0.1, -0.05) is 25.1 Å². The number of thioether (sulfide) groups is 1. The summed E-state index contributed by atoms with van der Waals surface area (Å²) in [5, 5.41) is 0. The SMILES string of the molecule is CCSc1cccc(C=CC(C)=O)c1. The Morgan fingerprint density at radius 3 is 2.93 bits per heavy atom. The lowest BCUT2D eigenvalue weighted by Crippen LogP contribution is -1.80. The maximum absolute atomic E-state index is 10.7. The predicted octanol–water partition coefficient (Wildman–Crippen LogP) is 3.40. The molecule has 0 aliphatic carbocycles. The first-order chi connectivity index (χ1) is 6.72. The van der Waals surface area contributed by atoms with Crippen molar-refractivity contribution in [2.75, 3.05) is 5.75 Å². The summed E-state index contributed by atoms with van der Waals surface area (Å²) in [6.45, 7) is 3.68. The average molecular weight is 206 g/mol. The van der Waals surface area contributed by atoms with E-state index in [0.29, 0.717) is 0 Å². The molecular weight excluding hydrogens is 192 g/mol. The third kappa shape index (κ3) is 3.79. The predicted molar refractivity (Wildman–Crippen MR) is 62.6 cm³/mol. The quantitative estimate of drug-likeness (QED) is 0.555. The summed E-state index contributed by atoms with van der Waals surface area (Å²) < 4.78 is 0. The van der Waals surface area contributed by atoms with E-state index >= 15 is 0 Å². The van der Waals surface area contributed by atoms with Gasteiger partial charge in [-0.15, -0.1) is 11.8 Å². The molecule has 1 rings (SSSR count). The third-order valence-electron chi connectivity index (χ3n) is 1.68. The second-order valence-electron chi connectivity index (χ2n) is 2.95. The molecule has 1 aromatic rings. The maximum Gasteiger partial charge on any atom is 0.152 e. The minimum absolute atomic E-state index is 0.0820. The summed E-state index contributed by atoms with van der Waals surface area (Å²) in [5.74, 6) is 1.15. The molecule has 14 heavy (non-hydrogen) atoms. The Kier molecular flexibility index (Phi) is 4.47. The van der Waals surface area contributed by atoms with Crippen LogP contribution in [0.3, 0.4) is 0 Å². The first kappa shape index (κ1) is 11.1. The molecular formula is C12H14OS. The van der Waals surface area contributed by atoms with Crippen molar-refractivity contribution in [1.29, 1.82) is 0 Å². The normalized spacial score (nSPS) is 10.7. The van der Waals surface area contributed by atoms with E-state index in [2.05, 4.69) is 19.1 Å². The molecule has 0 spiro atoms. The lowest BCUT2D eigenvalue weighted by Gasteiger charge is -1.99. The number of ketones is 1. The van der Waals surface area contributed by atoms with Crippen molar-refractivity contribution in [3.63, 3.8) is 0 Å². The highest BCUT2D eigenvalue weighted by Gasteiger charge is 1.92. The fourth-order valence-corrected chi connectivity index (χ4v) is 1.82. The molecule has 0 aliphatic rings. The summed E-state index contributed by atoms with van der Waals surface area (Å²) in [6.07, 6.45) is 3.44. The van der Waals surface area contributed by atoms with Gasteiger partial charge in [0.1, 0.15) is 0 Å². The van der Waals surface area contributed by atoms with Crippen molar-refractivity contribution in [3.05, 3.63) is 35.9 Å². The van der Waals surface area contributed by atoms with Crippen LogP contribution in [0.25, 0.3) is 6.08 Å². The van der Waals surface area contributed by atoms with Gasteiger partial charge in [-0.2, -0.15) is 0 Å². The largest absolute Gasteiger partial charge is 0.295 e. The van der Waals surface area contributed by atoms with Crippen LogP contribution in [0, 0.1) is 0 Å². The van der Waals surface area contributed by atoms with E-state index in [9.17, 15) is 4.79 Å². The van der Waals surface area contributed by atoms with Crippen LogP contribution in [0.1, 0.15) is 19.4 Å². The van der Waals surface area contributed by atoms with Crippen molar-refractivity contribution < 1.29 is 4.79 Å². The Morgan fingerprint density at radius 2 is 2.29 bits per heavy atom. The van der Waals surface area contributed by atoms with Gasteiger partial charge in [0.25, 0.3) is 0 Å². The van der Waals surface area contributed by atoms with Crippen molar-refractivity contribution in [3.8, 4) is 0 Å².